The third-order valence-electron chi connectivity index (χ3n) is 3.75. The molecule has 1 aliphatic heterocycles. The number of carbonyl (C=O) groups excluding carboxylic acids is 1. The normalized spacial score (nSPS) is 13.1. The fourth-order valence-electron chi connectivity index (χ4n) is 2.45. The Morgan fingerprint density at radius 1 is 1.14 bits per heavy atom. The van der Waals surface area contributed by atoms with E-state index in [1.165, 1.54) is 16.2 Å². The molecule has 2 aromatic carbocycles. The van der Waals surface area contributed by atoms with Crippen LogP contribution < -0.4 is 0 Å². The number of benzene rings is 2. The van der Waals surface area contributed by atoms with Gasteiger partial charge in [-0.1, -0.05) is 56.3 Å². The molecule has 2 nitrogen and oxygen atoms in total. The predicted molar refractivity (Wildman–Crippen MR) is 94.1 cm³/mol. The molecule has 3 rings (SSSR count). The summed E-state index contributed by atoms with van der Waals surface area (Å²) in [7, 11) is 0. The van der Waals surface area contributed by atoms with Crippen LogP contribution in [0.2, 0.25) is 0 Å². The maximum atomic E-state index is 11.9. The Kier molecular flexibility index (Phi) is 4.44. The van der Waals surface area contributed by atoms with Crippen molar-refractivity contribution >= 4 is 28.3 Å². The summed E-state index contributed by atoms with van der Waals surface area (Å²) in [6.45, 7) is 3.87. The van der Waals surface area contributed by atoms with E-state index < -0.39 is 0 Å². The summed E-state index contributed by atoms with van der Waals surface area (Å²) in [5, 5.41) is 1.17. The highest BCUT2D eigenvalue weighted by molar-refractivity contribution is 8.13. The van der Waals surface area contributed by atoms with Crippen LogP contribution in [0.5, 0.6) is 0 Å². The van der Waals surface area contributed by atoms with Gasteiger partial charge in [0.15, 0.2) is 5.78 Å². The van der Waals surface area contributed by atoms with Crippen LogP contribution in [0.4, 0.5) is 5.69 Å². The van der Waals surface area contributed by atoms with Crippen molar-refractivity contribution in [2.75, 3.05) is 0 Å². The van der Waals surface area contributed by atoms with Crippen LogP contribution in [0.25, 0.3) is 0 Å². The summed E-state index contributed by atoms with van der Waals surface area (Å²) in [5.74, 6) is 1.14. The maximum absolute atomic E-state index is 11.9. The van der Waals surface area contributed by atoms with Gasteiger partial charge < -0.3 is 0 Å². The van der Waals surface area contributed by atoms with Gasteiger partial charge in [0, 0.05) is 23.7 Å². The number of hydrogen-bond acceptors (Lipinski definition) is 3. The Morgan fingerprint density at radius 3 is 2.55 bits per heavy atom. The van der Waals surface area contributed by atoms with Crippen molar-refractivity contribution in [2.24, 2.45) is 10.9 Å². The highest BCUT2D eigenvalue weighted by Crippen LogP contribution is 2.31. The minimum Gasteiger partial charge on any atom is -0.294 e. The molecule has 1 heterocycles. The molecule has 0 unspecified atom stereocenters. The van der Waals surface area contributed by atoms with E-state index in [0.29, 0.717) is 0 Å². The molecule has 22 heavy (non-hydrogen) atoms. The second-order valence-corrected chi connectivity index (χ2v) is 6.86. The van der Waals surface area contributed by atoms with Gasteiger partial charge in [-0.05, 0) is 17.2 Å². The Bertz CT molecular complexity index is 716. The summed E-state index contributed by atoms with van der Waals surface area (Å²) >= 11 is 1.78. The van der Waals surface area contributed by atoms with Crippen LogP contribution >= 0.6 is 11.8 Å². The molecule has 0 N–H and O–H groups in total. The van der Waals surface area contributed by atoms with Crippen molar-refractivity contribution in [3.63, 3.8) is 0 Å². The third-order valence-corrected chi connectivity index (χ3v) is 4.79. The Hall–Kier alpha value is -1.87. The van der Waals surface area contributed by atoms with Crippen LogP contribution in [0.3, 0.4) is 0 Å². The highest BCUT2D eigenvalue weighted by atomic mass is 32.2. The number of hydrogen-bond donors (Lipinski definition) is 0. The van der Waals surface area contributed by atoms with Gasteiger partial charge in [0.2, 0.25) is 0 Å². The van der Waals surface area contributed by atoms with Gasteiger partial charge >= 0.3 is 0 Å². The second-order valence-electron chi connectivity index (χ2n) is 5.82. The number of nitrogens with zero attached hydrogens (tertiary/aromatic N) is 1. The van der Waals surface area contributed by atoms with Gasteiger partial charge in [-0.2, -0.15) is 0 Å². The maximum Gasteiger partial charge on any atom is 0.165 e. The molecule has 3 heteroatoms. The van der Waals surface area contributed by atoms with Crippen molar-refractivity contribution in [1.82, 2.24) is 0 Å². The average molecular weight is 309 g/mol. The van der Waals surface area contributed by atoms with E-state index in [1.807, 2.05) is 44.2 Å². The Morgan fingerprint density at radius 2 is 1.86 bits per heavy atom. The lowest BCUT2D eigenvalue weighted by Crippen LogP contribution is -2.07. The first-order valence-corrected chi connectivity index (χ1v) is 8.53. The van der Waals surface area contributed by atoms with Gasteiger partial charge in [-0.3, -0.25) is 4.79 Å². The molecule has 0 amide bonds. The molecular weight excluding hydrogens is 290 g/mol. The zero-order valence-corrected chi connectivity index (χ0v) is 13.7. The van der Waals surface area contributed by atoms with E-state index in [0.717, 1.165) is 23.4 Å². The first-order valence-electron chi connectivity index (χ1n) is 7.55. The minimum absolute atomic E-state index is 0.0478. The van der Waals surface area contributed by atoms with Crippen LogP contribution in [-0.2, 0) is 12.2 Å². The Labute approximate surface area is 135 Å². The van der Waals surface area contributed by atoms with Crippen molar-refractivity contribution in [2.45, 2.75) is 26.0 Å². The second kappa shape index (κ2) is 6.49. The summed E-state index contributed by atoms with van der Waals surface area (Å²) in [5.41, 5.74) is 4.43. The average Bonchev–Trinajstić information content (AvgIpc) is 2.95. The number of fused-ring (bicyclic) bond motifs is 1. The van der Waals surface area contributed by atoms with Crippen LogP contribution in [0, 0.1) is 5.92 Å². The number of para-hydroxylation sites is 1. The molecule has 0 saturated carbocycles. The molecule has 0 aromatic heterocycles. The molecule has 1 aliphatic rings. The van der Waals surface area contributed by atoms with E-state index >= 15 is 0 Å². The van der Waals surface area contributed by atoms with E-state index in [2.05, 4.69) is 23.2 Å². The fraction of sp³-hybridized carbons (Fsp3) is 0.263. The predicted octanol–water partition coefficient (Wildman–Crippen LogP) is 5.04. The van der Waals surface area contributed by atoms with Gasteiger partial charge in [0.25, 0.3) is 0 Å². The van der Waals surface area contributed by atoms with Gasteiger partial charge in [-0.25, -0.2) is 4.99 Å². The largest absolute Gasteiger partial charge is 0.294 e. The summed E-state index contributed by atoms with van der Waals surface area (Å²) < 4.78 is 0. The number of aliphatic imine (C=N–C) groups is 1. The van der Waals surface area contributed by atoms with Gasteiger partial charge in [0.1, 0.15) is 0 Å². The first-order chi connectivity index (χ1) is 10.6. The number of rotatable bonds is 4. The molecule has 0 aliphatic carbocycles. The number of thioether (sulfide) groups is 1. The van der Waals surface area contributed by atoms with E-state index in [1.54, 1.807) is 11.8 Å². The first kappa shape index (κ1) is 15.0. The standard InChI is InChI=1S/C19H19NOS/c1-13(2)19(21)15-9-7-14(8-10-15)12-22-18-11-16-5-3-4-6-17(16)20-18/h3-10,13H,11-12H2,1-2H3. The Balaban J connectivity index is 1.60. The van der Waals surface area contributed by atoms with Gasteiger partial charge in [-0.15, -0.1) is 11.8 Å². The summed E-state index contributed by atoms with van der Waals surface area (Å²) in [4.78, 5) is 16.6. The topological polar surface area (TPSA) is 29.4 Å². The van der Waals surface area contributed by atoms with Crippen molar-refractivity contribution in [3.05, 3.63) is 65.2 Å². The molecule has 0 fully saturated rings. The number of ketones is 1. The van der Waals surface area contributed by atoms with Crippen molar-refractivity contribution in [3.8, 4) is 0 Å². The number of carbonyl (C=O) groups is 1. The molecule has 112 valence electrons. The lowest BCUT2D eigenvalue weighted by Gasteiger charge is -2.06. The smallest absolute Gasteiger partial charge is 0.165 e. The molecular formula is C19H19NOS. The monoisotopic (exact) mass is 309 g/mol. The van der Waals surface area contributed by atoms with Crippen LogP contribution in [0.15, 0.2) is 53.5 Å². The molecule has 0 bridgehead atoms. The number of Topliss-reactive ketones (excluding diaryl/α,β-unsaturated/α-hetero) is 1. The SMILES string of the molecule is CC(C)C(=O)c1ccc(CSC2=Nc3ccccc3C2)cc1. The third kappa shape index (κ3) is 3.30. The van der Waals surface area contributed by atoms with E-state index in [4.69, 9.17) is 0 Å². The molecule has 0 radical (unpaired) electrons. The van der Waals surface area contributed by atoms with Crippen molar-refractivity contribution < 1.29 is 4.79 Å². The van der Waals surface area contributed by atoms with Crippen LogP contribution in [0.1, 0.15) is 35.3 Å². The van der Waals surface area contributed by atoms with Gasteiger partial charge in [0.05, 0.1) is 10.7 Å². The molecule has 2 aromatic rings. The van der Waals surface area contributed by atoms with E-state index in [9.17, 15) is 4.79 Å². The minimum atomic E-state index is 0.0478. The summed E-state index contributed by atoms with van der Waals surface area (Å²) in [6.07, 6.45) is 0.935. The molecule has 0 spiro atoms. The van der Waals surface area contributed by atoms with E-state index in [-0.39, 0.29) is 11.7 Å². The fourth-order valence-corrected chi connectivity index (χ4v) is 3.40. The summed E-state index contributed by atoms with van der Waals surface area (Å²) in [6, 6.07) is 16.3. The molecule has 0 saturated heterocycles. The zero-order chi connectivity index (χ0) is 15.5. The quantitative estimate of drug-likeness (QED) is 0.740. The van der Waals surface area contributed by atoms with Crippen LogP contribution in [-0.4, -0.2) is 10.8 Å². The lowest BCUT2D eigenvalue weighted by molar-refractivity contribution is 0.0939. The highest BCUT2D eigenvalue weighted by Gasteiger charge is 2.14. The zero-order valence-electron chi connectivity index (χ0n) is 12.9. The van der Waals surface area contributed by atoms with Crippen molar-refractivity contribution in [1.29, 1.82) is 0 Å². The lowest BCUT2D eigenvalue weighted by atomic mass is 10.0. The molecule has 0 atom stereocenters.